The van der Waals surface area contributed by atoms with E-state index in [0.29, 0.717) is 0 Å². The van der Waals surface area contributed by atoms with Crippen LogP contribution in [0.15, 0.2) is 42.5 Å². The SMILES string of the molecule is CCc1ccccc1C(Cc1c(F)cccc1F)NN. The van der Waals surface area contributed by atoms with Crippen LogP contribution in [-0.2, 0) is 12.8 Å². The van der Waals surface area contributed by atoms with Crippen LogP contribution in [0, 0.1) is 11.6 Å². The molecule has 0 aliphatic rings. The van der Waals surface area contributed by atoms with Gasteiger partial charge in [0.2, 0.25) is 0 Å². The van der Waals surface area contributed by atoms with Gasteiger partial charge in [-0.3, -0.25) is 11.3 Å². The van der Waals surface area contributed by atoms with Gasteiger partial charge in [0.15, 0.2) is 0 Å². The molecule has 0 saturated heterocycles. The summed E-state index contributed by atoms with van der Waals surface area (Å²) in [7, 11) is 0. The highest BCUT2D eigenvalue weighted by atomic mass is 19.1. The van der Waals surface area contributed by atoms with E-state index in [1.54, 1.807) is 0 Å². The lowest BCUT2D eigenvalue weighted by Crippen LogP contribution is -2.30. The Balaban J connectivity index is 2.34. The Morgan fingerprint density at radius 1 is 1.05 bits per heavy atom. The van der Waals surface area contributed by atoms with Crippen LogP contribution in [0.2, 0.25) is 0 Å². The maximum absolute atomic E-state index is 13.7. The van der Waals surface area contributed by atoms with Gasteiger partial charge in [0.1, 0.15) is 11.6 Å². The van der Waals surface area contributed by atoms with Gasteiger partial charge < -0.3 is 0 Å². The minimum Gasteiger partial charge on any atom is -0.271 e. The second-order valence-corrected chi connectivity index (χ2v) is 4.68. The smallest absolute Gasteiger partial charge is 0.129 e. The summed E-state index contributed by atoms with van der Waals surface area (Å²) in [5, 5.41) is 0. The highest BCUT2D eigenvalue weighted by Gasteiger charge is 2.18. The van der Waals surface area contributed by atoms with E-state index in [9.17, 15) is 8.78 Å². The Kier molecular flexibility index (Phi) is 4.82. The molecule has 0 bridgehead atoms. The molecule has 2 rings (SSSR count). The van der Waals surface area contributed by atoms with Gasteiger partial charge in [0.25, 0.3) is 0 Å². The fraction of sp³-hybridized carbons (Fsp3) is 0.250. The van der Waals surface area contributed by atoms with Gasteiger partial charge in [0.05, 0.1) is 6.04 Å². The highest BCUT2D eigenvalue weighted by Crippen LogP contribution is 2.24. The first-order valence-corrected chi connectivity index (χ1v) is 6.64. The summed E-state index contributed by atoms with van der Waals surface area (Å²) >= 11 is 0. The van der Waals surface area contributed by atoms with E-state index in [0.717, 1.165) is 17.5 Å². The van der Waals surface area contributed by atoms with E-state index >= 15 is 0 Å². The third kappa shape index (κ3) is 3.03. The van der Waals surface area contributed by atoms with Crippen molar-refractivity contribution in [2.75, 3.05) is 0 Å². The van der Waals surface area contributed by atoms with Gasteiger partial charge in [-0.25, -0.2) is 8.78 Å². The number of nitrogens with one attached hydrogen (secondary N) is 1. The van der Waals surface area contributed by atoms with Crippen molar-refractivity contribution in [3.8, 4) is 0 Å². The Morgan fingerprint density at radius 3 is 2.30 bits per heavy atom. The van der Waals surface area contributed by atoms with E-state index in [1.165, 1.54) is 18.2 Å². The van der Waals surface area contributed by atoms with Crippen LogP contribution in [0.1, 0.15) is 29.7 Å². The average molecular weight is 276 g/mol. The van der Waals surface area contributed by atoms with Gasteiger partial charge in [-0.2, -0.15) is 0 Å². The molecule has 0 spiro atoms. The quantitative estimate of drug-likeness (QED) is 0.649. The summed E-state index contributed by atoms with van der Waals surface area (Å²) < 4.78 is 27.5. The standard InChI is InChI=1S/C16H18F2N2/c1-2-11-6-3-4-7-12(11)16(20-19)10-13-14(17)8-5-9-15(13)18/h3-9,16,20H,2,10,19H2,1H3. The molecule has 1 atom stereocenters. The monoisotopic (exact) mass is 276 g/mol. The Hall–Kier alpha value is -1.78. The maximum atomic E-state index is 13.7. The third-order valence-corrected chi connectivity index (χ3v) is 3.48. The number of rotatable bonds is 5. The summed E-state index contributed by atoms with van der Waals surface area (Å²) in [6.45, 7) is 2.04. The Labute approximate surface area is 117 Å². The molecule has 20 heavy (non-hydrogen) atoms. The number of halogens is 2. The van der Waals surface area contributed by atoms with E-state index in [-0.39, 0.29) is 18.0 Å². The molecule has 0 heterocycles. The fourth-order valence-electron chi connectivity index (χ4n) is 2.39. The van der Waals surface area contributed by atoms with Crippen LogP contribution in [0.4, 0.5) is 8.78 Å². The molecule has 1 unspecified atom stereocenters. The summed E-state index contributed by atoms with van der Waals surface area (Å²) in [5.74, 6) is 4.50. The molecule has 0 aliphatic heterocycles. The largest absolute Gasteiger partial charge is 0.271 e. The molecular formula is C16H18F2N2. The number of nitrogens with two attached hydrogens (primary N) is 1. The molecule has 0 aromatic heterocycles. The van der Waals surface area contributed by atoms with E-state index in [4.69, 9.17) is 5.84 Å². The number of benzene rings is 2. The van der Waals surface area contributed by atoms with Crippen molar-refractivity contribution in [1.82, 2.24) is 5.43 Å². The minimum absolute atomic E-state index is 0.0568. The average Bonchev–Trinajstić information content (AvgIpc) is 2.47. The summed E-state index contributed by atoms with van der Waals surface area (Å²) in [5.41, 5.74) is 4.81. The number of hydrogen-bond donors (Lipinski definition) is 2. The first-order valence-electron chi connectivity index (χ1n) is 6.64. The van der Waals surface area contributed by atoms with Gasteiger partial charge >= 0.3 is 0 Å². The van der Waals surface area contributed by atoms with Crippen LogP contribution in [0.3, 0.4) is 0 Å². The summed E-state index contributed by atoms with van der Waals surface area (Å²) in [4.78, 5) is 0. The van der Waals surface area contributed by atoms with Crippen molar-refractivity contribution in [1.29, 1.82) is 0 Å². The van der Waals surface area contributed by atoms with E-state index < -0.39 is 11.6 Å². The first-order chi connectivity index (χ1) is 9.67. The van der Waals surface area contributed by atoms with Crippen molar-refractivity contribution in [2.45, 2.75) is 25.8 Å². The van der Waals surface area contributed by atoms with Crippen LogP contribution >= 0.6 is 0 Å². The maximum Gasteiger partial charge on any atom is 0.129 e. The zero-order valence-electron chi connectivity index (χ0n) is 11.4. The predicted octanol–water partition coefficient (Wildman–Crippen LogP) is 3.27. The molecule has 2 aromatic rings. The van der Waals surface area contributed by atoms with Crippen LogP contribution in [0.25, 0.3) is 0 Å². The Morgan fingerprint density at radius 2 is 1.70 bits per heavy atom. The lowest BCUT2D eigenvalue weighted by molar-refractivity contribution is 0.498. The minimum atomic E-state index is -0.542. The lowest BCUT2D eigenvalue weighted by Gasteiger charge is -2.20. The lowest BCUT2D eigenvalue weighted by atomic mass is 9.94. The van der Waals surface area contributed by atoms with Crippen LogP contribution in [0.5, 0.6) is 0 Å². The molecule has 2 aromatic carbocycles. The predicted molar refractivity (Wildman–Crippen MR) is 75.9 cm³/mol. The Bertz CT molecular complexity index is 564. The van der Waals surface area contributed by atoms with Gasteiger partial charge in [-0.15, -0.1) is 0 Å². The van der Waals surface area contributed by atoms with Crippen molar-refractivity contribution < 1.29 is 8.78 Å². The molecule has 0 radical (unpaired) electrons. The van der Waals surface area contributed by atoms with Crippen molar-refractivity contribution in [3.05, 3.63) is 70.8 Å². The zero-order valence-corrected chi connectivity index (χ0v) is 11.4. The molecule has 0 aliphatic carbocycles. The fourth-order valence-corrected chi connectivity index (χ4v) is 2.39. The second-order valence-electron chi connectivity index (χ2n) is 4.68. The molecule has 4 heteroatoms. The van der Waals surface area contributed by atoms with Crippen molar-refractivity contribution in [2.24, 2.45) is 5.84 Å². The third-order valence-electron chi connectivity index (χ3n) is 3.48. The van der Waals surface area contributed by atoms with Gasteiger partial charge in [-0.05, 0) is 36.1 Å². The molecule has 0 fully saturated rings. The zero-order chi connectivity index (χ0) is 14.5. The molecule has 0 amide bonds. The second kappa shape index (κ2) is 6.59. The first kappa shape index (κ1) is 14.6. The molecule has 106 valence electrons. The van der Waals surface area contributed by atoms with Gasteiger partial charge in [-0.1, -0.05) is 37.3 Å². The van der Waals surface area contributed by atoms with Gasteiger partial charge in [0, 0.05) is 5.56 Å². The molecular weight excluding hydrogens is 258 g/mol. The van der Waals surface area contributed by atoms with Crippen LogP contribution < -0.4 is 11.3 Å². The molecule has 0 saturated carbocycles. The van der Waals surface area contributed by atoms with Crippen molar-refractivity contribution >= 4 is 0 Å². The molecule has 3 N–H and O–H groups in total. The number of hydrazine groups is 1. The number of aryl methyl sites for hydroxylation is 1. The molecule has 2 nitrogen and oxygen atoms in total. The van der Waals surface area contributed by atoms with E-state index in [2.05, 4.69) is 5.43 Å². The van der Waals surface area contributed by atoms with E-state index in [1.807, 2.05) is 31.2 Å². The summed E-state index contributed by atoms with van der Waals surface area (Å²) in [6.07, 6.45) is 1.01. The topological polar surface area (TPSA) is 38.0 Å². The number of hydrogen-bond acceptors (Lipinski definition) is 2. The normalized spacial score (nSPS) is 12.4. The highest BCUT2D eigenvalue weighted by molar-refractivity contribution is 5.32. The van der Waals surface area contributed by atoms with Crippen LogP contribution in [-0.4, -0.2) is 0 Å². The van der Waals surface area contributed by atoms with Crippen molar-refractivity contribution in [3.63, 3.8) is 0 Å². The summed E-state index contributed by atoms with van der Waals surface area (Å²) in [6, 6.07) is 11.3.